The van der Waals surface area contributed by atoms with E-state index in [4.69, 9.17) is 4.74 Å². The lowest BCUT2D eigenvalue weighted by molar-refractivity contribution is -0.105. The summed E-state index contributed by atoms with van der Waals surface area (Å²) in [6, 6.07) is 21.8. The van der Waals surface area contributed by atoms with Crippen molar-refractivity contribution < 1.29 is 19.4 Å². The zero-order valence-electron chi connectivity index (χ0n) is 13.9. The van der Waals surface area contributed by atoms with E-state index in [-0.39, 0.29) is 12.2 Å². The number of ether oxygens (including phenoxy) is 1. The van der Waals surface area contributed by atoms with E-state index in [2.05, 4.69) is 5.32 Å². The van der Waals surface area contributed by atoms with Crippen molar-refractivity contribution in [3.63, 3.8) is 0 Å². The third kappa shape index (κ3) is 3.89. The van der Waals surface area contributed by atoms with Crippen molar-refractivity contribution in [2.45, 2.75) is 6.61 Å². The highest BCUT2D eigenvalue weighted by Crippen LogP contribution is 2.38. The maximum absolute atomic E-state index is 11.5. The van der Waals surface area contributed by atoms with Gasteiger partial charge in [0.05, 0.1) is 11.3 Å². The molecule has 0 saturated carbocycles. The second-order valence-corrected chi connectivity index (χ2v) is 5.60. The molecule has 0 radical (unpaired) electrons. The van der Waals surface area contributed by atoms with Crippen LogP contribution in [-0.2, 0) is 11.4 Å². The van der Waals surface area contributed by atoms with Crippen LogP contribution in [0.5, 0.6) is 5.75 Å². The molecule has 5 heteroatoms. The van der Waals surface area contributed by atoms with Crippen LogP contribution in [0.3, 0.4) is 0 Å². The molecule has 2 N–H and O–H groups in total. The predicted octanol–water partition coefficient (Wildman–Crippen LogP) is 4.20. The van der Waals surface area contributed by atoms with Crippen LogP contribution in [0.25, 0.3) is 11.1 Å². The summed E-state index contributed by atoms with van der Waals surface area (Å²) in [5.74, 6) is -0.701. The number of anilines is 1. The molecule has 1 amide bonds. The molecule has 3 aromatic rings. The van der Waals surface area contributed by atoms with Crippen molar-refractivity contribution in [1.29, 1.82) is 0 Å². The van der Waals surface area contributed by atoms with Crippen LogP contribution in [0.4, 0.5) is 5.69 Å². The summed E-state index contributed by atoms with van der Waals surface area (Å²) < 4.78 is 5.94. The summed E-state index contributed by atoms with van der Waals surface area (Å²) in [5, 5.41) is 12.0. The summed E-state index contributed by atoms with van der Waals surface area (Å²) in [5.41, 5.74) is 2.83. The Morgan fingerprint density at radius 1 is 1.00 bits per heavy atom. The zero-order chi connectivity index (χ0) is 18.4. The van der Waals surface area contributed by atoms with Crippen molar-refractivity contribution in [3.05, 3.63) is 83.9 Å². The monoisotopic (exact) mass is 347 g/mol. The van der Waals surface area contributed by atoms with E-state index in [0.717, 1.165) is 11.1 Å². The Morgan fingerprint density at radius 3 is 2.27 bits per heavy atom. The molecule has 0 fully saturated rings. The Kier molecular flexibility index (Phi) is 5.29. The fraction of sp³-hybridized carbons (Fsp3) is 0.0476. The highest BCUT2D eigenvalue weighted by molar-refractivity contribution is 5.96. The largest absolute Gasteiger partial charge is 0.488 e. The van der Waals surface area contributed by atoms with Gasteiger partial charge in [0.1, 0.15) is 12.4 Å². The van der Waals surface area contributed by atoms with Crippen molar-refractivity contribution in [2.24, 2.45) is 0 Å². The van der Waals surface area contributed by atoms with Gasteiger partial charge < -0.3 is 15.2 Å². The number of nitrogens with one attached hydrogen (secondary N) is 1. The molecule has 0 spiro atoms. The van der Waals surface area contributed by atoms with E-state index in [0.29, 0.717) is 23.4 Å². The van der Waals surface area contributed by atoms with Gasteiger partial charge in [-0.1, -0.05) is 60.7 Å². The number of carbonyl (C=O) groups is 2. The van der Waals surface area contributed by atoms with Crippen LogP contribution < -0.4 is 10.1 Å². The van der Waals surface area contributed by atoms with E-state index in [1.165, 1.54) is 12.1 Å². The summed E-state index contributed by atoms with van der Waals surface area (Å²) in [7, 11) is 0. The number of carboxylic acids is 1. The normalized spacial score (nSPS) is 10.2. The molecule has 3 aromatic carbocycles. The fourth-order valence-corrected chi connectivity index (χ4v) is 2.67. The molecule has 0 bridgehead atoms. The third-order valence-electron chi connectivity index (χ3n) is 3.86. The number of rotatable bonds is 7. The summed E-state index contributed by atoms with van der Waals surface area (Å²) >= 11 is 0. The lowest BCUT2D eigenvalue weighted by Gasteiger charge is -2.17. The lowest BCUT2D eigenvalue weighted by Crippen LogP contribution is -2.05. The topological polar surface area (TPSA) is 75.6 Å². The molecule has 26 heavy (non-hydrogen) atoms. The van der Waals surface area contributed by atoms with Gasteiger partial charge in [-0.25, -0.2) is 4.79 Å². The van der Waals surface area contributed by atoms with Crippen LogP contribution >= 0.6 is 0 Å². The van der Waals surface area contributed by atoms with Gasteiger partial charge in [0, 0.05) is 5.56 Å². The molecule has 0 saturated heterocycles. The fourth-order valence-electron chi connectivity index (χ4n) is 2.67. The minimum atomic E-state index is -1.09. The minimum Gasteiger partial charge on any atom is -0.488 e. The van der Waals surface area contributed by atoms with Gasteiger partial charge in [-0.2, -0.15) is 0 Å². The van der Waals surface area contributed by atoms with Gasteiger partial charge in [0.2, 0.25) is 6.41 Å². The molecule has 0 aliphatic carbocycles. The van der Waals surface area contributed by atoms with Crippen molar-refractivity contribution in [1.82, 2.24) is 0 Å². The van der Waals surface area contributed by atoms with E-state index in [9.17, 15) is 14.7 Å². The molecule has 130 valence electrons. The standard InChI is InChI=1S/C21H17NO4/c23-14-22-18-11-17(21(24)25)12-19(20(18)16-9-5-2-6-10-16)26-13-15-7-3-1-4-8-15/h1-12,14H,13H2,(H,22,23)(H,24,25). The van der Waals surface area contributed by atoms with Crippen molar-refractivity contribution in [3.8, 4) is 16.9 Å². The SMILES string of the molecule is O=CNc1cc(C(=O)O)cc(OCc2ccccc2)c1-c1ccccc1. The third-order valence-corrected chi connectivity index (χ3v) is 3.86. The first-order valence-corrected chi connectivity index (χ1v) is 8.02. The van der Waals surface area contributed by atoms with Crippen LogP contribution in [-0.4, -0.2) is 17.5 Å². The van der Waals surface area contributed by atoms with Gasteiger partial charge >= 0.3 is 5.97 Å². The number of carbonyl (C=O) groups excluding carboxylic acids is 1. The van der Waals surface area contributed by atoms with Gasteiger partial charge in [0.25, 0.3) is 0 Å². The number of hydrogen-bond acceptors (Lipinski definition) is 3. The Bertz CT molecular complexity index is 908. The first kappa shape index (κ1) is 17.2. The predicted molar refractivity (Wildman–Crippen MR) is 99.3 cm³/mol. The number of benzene rings is 3. The number of carboxylic acid groups (broad SMARTS) is 1. The molecule has 0 aliphatic heterocycles. The number of aromatic carboxylic acids is 1. The Labute approximate surface area is 150 Å². The van der Waals surface area contributed by atoms with Gasteiger partial charge in [-0.15, -0.1) is 0 Å². The van der Waals surface area contributed by atoms with E-state index in [1.54, 1.807) is 0 Å². The van der Waals surface area contributed by atoms with E-state index >= 15 is 0 Å². The Hall–Kier alpha value is -3.60. The van der Waals surface area contributed by atoms with Crippen LogP contribution in [0, 0.1) is 0 Å². The Balaban J connectivity index is 2.09. The second-order valence-electron chi connectivity index (χ2n) is 5.60. The first-order valence-electron chi connectivity index (χ1n) is 8.02. The molecule has 3 rings (SSSR count). The molecule has 0 unspecified atom stereocenters. The zero-order valence-corrected chi connectivity index (χ0v) is 13.9. The maximum atomic E-state index is 11.5. The average Bonchev–Trinajstić information content (AvgIpc) is 2.67. The lowest BCUT2D eigenvalue weighted by atomic mass is 10.00. The molecule has 0 aromatic heterocycles. The van der Waals surface area contributed by atoms with Gasteiger partial charge in [-0.05, 0) is 23.3 Å². The molecule has 0 heterocycles. The first-order chi connectivity index (χ1) is 12.7. The molecule has 5 nitrogen and oxygen atoms in total. The van der Waals surface area contributed by atoms with E-state index in [1.807, 2.05) is 60.7 Å². The van der Waals surface area contributed by atoms with Crippen LogP contribution in [0.2, 0.25) is 0 Å². The second kappa shape index (κ2) is 7.98. The maximum Gasteiger partial charge on any atom is 0.335 e. The molecule has 0 atom stereocenters. The molecular formula is C21H17NO4. The average molecular weight is 347 g/mol. The highest BCUT2D eigenvalue weighted by atomic mass is 16.5. The summed E-state index contributed by atoms with van der Waals surface area (Å²) in [6.45, 7) is 0.282. The Morgan fingerprint density at radius 2 is 1.65 bits per heavy atom. The van der Waals surface area contributed by atoms with Crippen LogP contribution in [0.1, 0.15) is 15.9 Å². The van der Waals surface area contributed by atoms with E-state index < -0.39 is 5.97 Å². The van der Waals surface area contributed by atoms with Gasteiger partial charge in [-0.3, -0.25) is 4.79 Å². The smallest absolute Gasteiger partial charge is 0.335 e. The molecule has 0 aliphatic rings. The number of amides is 1. The minimum absolute atomic E-state index is 0.0390. The summed E-state index contributed by atoms with van der Waals surface area (Å²) in [6.07, 6.45) is 0.522. The summed E-state index contributed by atoms with van der Waals surface area (Å²) in [4.78, 5) is 22.5. The van der Waals surface area contributed by atoms with Gasteiger partial charge in [0.15, 0.2) is 0 Å². The van der Waals surface area contributed by atoms with Crippen LogP contribution in [0.15, 0.2) is 72.8 Å². The highest BCUT2D eigenvalue weighted by Gasteiger charge is 2.17. The molecular weight excluding hydrogens is 330 g/mol. The van der Waals surface area contributed by atoms with Crippen molar-refractivity contribution in [2.75, 3.05) is 5.32 Å². The quantitative estimate of drug-likeness (QED) is 0.628. The number of hydrogen-bond donors (Lipinski definition) is 2. The van der Waals surface area contributed by atoms with Crippen molar-refractivity contribution >= 4 is 18.1 Å².